The van der Waals surface area contributed by atoms with Crippen LogP contribution in [0.2, 0.25) is 0 Å². The summed E-state index contributed by atoms with van der Waals surface area (Å²) >= 11 is 0. The molecule has 0 amide bonds. The van der Waals surface area contributed by atoms with E-state index in [1.807, 2.05) is 0 Å². The van der Waals surface area contributed by atoms with Crippen molar-refractivity contribution in [1.82, 2.24) is 0 Å². The van der Waals surface area contributed by atoms with Crippen LogP contribution in [0.15, 0.2) is 0 Å². The van der Waals surface area contributed by atoms with Crippen molar-refractivity contribution in [3.63, 3.8) is 0 Å². The predicted octanol–water partition coefficient (Wildman–Crippen LogP) is 3.23. The largest absolute Gasteiger partial charge is 0.367 e. The minimum absolute atomic E-state index is 0.148. The minimum atomic E-state index is -2.13. The fourth-order valence-corrected chi connectivity index (χ4v) is 1.41. The molecule has 1 rings (SSSR count). The molecule has 0 aromatic heterocycles. The zero-order valence-corrected chi connectivity index (χ0v) is 8.75. The van der Waals surface area contributed by atoms with E-state index in [0.29, 0.717) is 0 Å². The Hall–Kier alpha value is -1.33. The highest BCUT2D eigenvalue weighted by molar-refractivity contribution is 5.50. The minimum Gasteiger partial charge on any atom is -0.367 e. The zero-order chi connectivity index (χ0) is 12.5. The maximum absolute atomic E-state index is 13.3. The van der Waals surface area contributed by atoms with Gasteiger partial charge in [-0.2, -0.15) is 0 Å². The van der Waals surface area contributed by atoms with Gasteiger partial charge in [0.2, 0.25) is 5.82 Å². The van der Waals surface area contributed by atoms with Crippen molar-refractivity contribution in [2.45, 2.75) is 13.8 Å². The third-order valence-corrected chi connectivity index (χ3v) is 2.27. The van der Waals surface area contributed by atoms with E-state index in [1.54, 1.807) is 13.8 Å². The van der Waals surface area contributed by atoms with Gasteiger partial charge in [-0.25, -0.2) is 22.0 Å². The lowest BCUT2D eigenvalue weighted by atomic mass is 10.2. The molecule has 0 aliphatic carbocycles. The summed E-state index contributed by atoms with van der Waals surface area (Å²) in [5.74, 6) is -9.55. The molecule has 6 heteroatoms. The first-order chi connectivity index (χ1) is 7.45. The SMILES string of the molecule is CCN(CC)c1c(F)c(F)c(F)c(F)c1F. The molecule has 1 nitrogen and oxygen atoms in total. The molecule has 0 unspecified atom stereocenters. The summed E-state index contributed by atoms with van der Waals surface area (Å²) in [5, 5.41) is 0. The van der Waals surface area contributed by atoms with Gasteiger partial charge in [0.25, 0.3) is 0 Å². The van der Waals surface area contributed by atoms with Crippen LogP contribution in [-0.2, 0) is 0 Å². The van der Waals surface area contributed by atoms with Crippen molar-refractivity contribution >= 4 is 5.69 Å². The lowest BCUT2D eigenvalue weighted by Crippen LogP contribution is -2.25. The zero-order valence-electron chi connectivity index (χ0n) is 8.75. The van der Waals surface area contributed by atoms with Crippen LogP contribution in [0, 0.1) is 29.1 Å². The topological polar surface area (TPSA) is 3.24 Å². The summed E-state index contributed by atoms with van der Waals surface area (Å²) < 4.78 is 64.9. The fraction of sp³-hybridized carbons (Fsp3) is 0.400. The maximum Gasteiger partial charge on any atom is 0.200 e. The van der Waals surface area contributed by atoms with Crippen molar-refractivity contribution in [2.75, 3.05) is 18.0 Å². The quantitative estimate of drug-likeness (QED) is 0.444. The number of nitrogens with zero attached hydrogens (tertiary/aromatic N) is 1. The average molecular weight is 239 g/mol. The Balaban J connectivity index is 3.50. The summed E-state index contributed by atoms with van der Waals surface area (Å²) in [6, 6.07) is 0. The van der Waals surface area contributed by atoms with Crippen LogP contribution in [0.4, 0.5) is 27.6 Å². The van der Waals surface area contributed by atoms with Crippen LogP contribution in [0.1, 0.15) is 13.8 Å². The van der Waals surface area contributed by atoms with Gasteiger partial charge in [0.1, 0.15) is 5.69 Å². The molecule has 0 aliphatic rings. The molecule has 0 radical (unpaired) electrons. The van der Waals surface area contributed by atoms with E-state index in [-0.39, 0.29) is 13.1 Å². The maximum atomic E-state index is 13.3. The Morgan fingerprint density at radius 2 is 1.00 bits per heavy atom. The van der Waals surface area contributed by atoms with Gasteiger partial charge < -0.3 is 4.90 Å². The number of hydrogen-bond acceptors (Lipinski definition) is 1. The average Bonchev–Trinajstić information content (AvgIpc) is 2.29. The summed E-state index contributed by atoms with van der Waals surface area (Å²) in [6.07, 6.45) is 0. The molecule has 16 heavy (non-hydrogen) atoms. The smallest absolute Gasteiger partial charge is 0.200 e. The second-order valence-electron chi connectivity index (χ2n) is 3.09. The van der Waals surface area contributed by atoms with E-state index in [0.717, 1.165) is 4.90 Å². The molecule has 1 aromatic carbocycles. The summed E-state index contributed by atoms with van der Waals surface area (Å²) in [7, 11) is 0. The van der Waals surface area contributed by atoms with E-state index in [2.05, 4.69) is 0 Å². The second-order valence-corrected chi connectivity index (χ2v) is 3.09. The number of anilines is 1. The molecular weight excluding hydrogens is 229 g/mol. The van der Waals surface area contributed by atoms with Gasteiger partial charge in [0.15, 0.2) is 23.3 Å². The van der Waals surface area contributed by atoms with Gasteiger partial charge in [0, 0.05) is 13.1 Å². The summed E-state index contributed by atoms with van der Waals surface area (Å²) in [4.78, 5) is 1.07. The third-order valence-electron chi connectivity index (χ3n) is 2.27. The first kappa shape index (κ1) is 12.7. The Bertz CT molecular complexity index is 372. The van der Waals surface area contributed by atoms with Crippen LogP contribution in [0.3, 0.4) is 0 Å². The molecule has 0 N–H and O–H groups in total. The van der Waals surface area contributed by atoms with E-state index in [1.165, 1.54) is 0 Å². The lowest BCUT2D eigenvalue weighted by molar-refractivity contribution is 0.378. The first-order valence-electron chi connectivity index (χ1n) is 4.72. The fourth-order valence-electron chi connectivity index (χ4n) is 1.41. The number of benzene rings is 1. The molecule has 0 bridgehead atoms. The molecule has 0 fully saturated rings. The monoisotopic (exact) mass is 239 g/mol. The van der Waals surface area contributed by atoms with E-state index < -0.39 is 34.8 Å². The Labute approximate surface area is 89.5 Å². The molecule has 1 aromatic rings. The highest BCUT2D eigenvalue weighted by Crippen LogP contribution is 2.29. The van der Waals surface area contributed by atoms with E-state index in [4.69, 9.17) is 0 Å². The normalized spacial score (nSPS) is 10.7. The standard InChI is InChI=1S/C10H10F5N/c1-3-16(4-2)10-8(14)6(12)5(11)7(13)9(10)15/h3-4H2,1-2H3. The van der Waals surface area contributed by atoms with Crippen LogP contribution in [0.5, 0.6) is 0 Å². The number of halogens is 5. The summed E-state index contributed by atoms with van der Waals surface area (Å²) in [6.45, 7) is 3.41. The molecular formula is C10H10F5N. The van der Waals surface area contributed by atoms with Gasteiger partial charge in [-0.05, 0) is 13.8 Å². The highest BCUT2D eigenvalue weighted by atomic mass is 19.2. The highest BCUT2D eigenvalue weighted by Gasteiger charge is 2.27. The van der Waals surface area contributed by atoms with Gasteiger partial charge in [-0.3, -0.25) is 0 Å². The molecule has 0 saturated carbocycles. The molecule has 0 saturated heterocycles. The first-order valence-corrected chi connectivity index (χ1v) is 4.72. The Morgan fingerprint density at radius 3 is 1.31 bits per heavy atom. The van der Waals surface area contributed by atoms with Crippen LogP contribution in [0.25, 0.3) is 0 Å². The second kappa shape index (κ2) is 4.67. The van der Waals surface area contributed by atoms with Crippen molar-refractivity contribution < 1.29 is 22.0 Å². The molecule has 0 atom stereocenters. The van der Waals surface area contributed by atoms with Crippen molar-refractivity contribution in [1.29, 1.82) is 0 Å². The molecule has 90 valence electrons. The van der Waals surface area contributed by atoms with E-state index >= 15 is 0 Å². The van der Waals surface area contributed by atoms with Crippen LogP contribution < -0.4 is 4.90 Å². The van der Waals surface area contributed by atoms with Gasteiger partial charge in [0.05, 0.1) is 0 Å². The predicted molar refractivity (Wildman–Crippen MR) is 49.8 cm³/mol. The Kier molecular flexibility index (Phi) is 3.72. The number of rotatable bonds is 3. The molecule has 0 spiro atoms. The van der Waals surface area contributed by atoms with Crippen molar-refractivity contribution in [2.24, 2.45) is 0 Å². The van der Waals surface area contributed by atoms with Gasteiger partial charge in [-0.15, -0.1) is 0 Å². The summed E-state index contributed by atoms with van der Waals surface area (Å²) in [5.41, 5.74) is -0.874. The third kappa shape index (κ3) is 1.83. The molecule has 0 heterocycles. The lowest BCUT2D eigenvalue weighted by Gasteiger charge is -2.22. The van der Waals surface area contributed by atoms with Crippen molar-refractivity contribution in [3.8, 4) is 0 Å². The molecule has 0 aliphatic heterocycles. The van der Waals surface area contributed by atoms with Crippen LogP contribution in [-0.4, -0.2) is 13.1 Å². The van der Waals surface area contributed by atoms with Crippen LogP contribution >= 0.6 is 0 Å². The Morgan fingerprint density at radius 1 is 0.688 bits per heavy atom. The van der Waals surface area contributed by atoms with E-state index in [9.17, 15) is 22.0 Å². The van der Waals surface area contributed by atoms with Crippen molar-refractivity contribution in [3.05, 3.63) is 29.1 Å². The van der Waals surface area contributed by atoms with Gasteiger partial charge in [-0.1, -0.05) is 0 Å². The van der Waals surface area contributed by atoms with Gasteiger partial charge >= 0.3 is 0 Å². The number of hydrogen-bond donors (Lipinski definition) is 0.